The summed E-state index contributed by atoms with van der Waals surface area (Å²) in [6.45, 7) is 0. The van der Waals surface area contributed by atoms with Crippen LogP contribution in [0.15, 0.2) is 12.4 Å². The van der Waals surface area contributed by atoms with E-state index in [1.54, 1.807) is 7.11 Å². The molecule has 4 heteroatoms. The molecular formula is C11H19N3O. The number of hydrogen-bond donors (Lipinski definition) is 1. The molecular weight excluding hydrogens is 190 g/mol. The molecule has 1 atom stereocenters. The summed E-state index contributed by atoms with van der Waals surface area (Å²) in [4.78, 5) is 0. The largest absolute Gasteiger partial charge is 0.377 e. The maximum atomic E-state index is 6.20. The number of methoxy groups -OCH3 is 1. The Kier molecular flexibility index (Phi) is 2.80. The van der Waals surface area contributed by atoms with E-state index < -0.39 is 0 Å². The lowest BCUT2D eigenvalue weighted by Crippen LogP contribution is -2.55. The fourth-order valence-electron chi connectivity index (χ4n) is 2.27. The Morgan fingerprint density at radius 3 is 2.80 bits per heavy atom. The van der Waals surface area contributed by atoms with E-state index in [2.05, 4.69) is 5.10 Å². The molecule has 1 aliphatic carbocycles. The van der Waals surface area contributed by atoms with Gasteiger partial charge in [-0.3, -0.25) is 4.68 Å². The molecule has 1 saturated carbocycles. The Morgan fingerprint density at radius 2 is 2.40 bits per heavy atom. The van der Waals surface area contributed by atoms with E-state index in [0.29, 0.717) is 0 Å². The molecule has 2 rings (SSSR count). The maximum Gasteiger partial charge on any atom is 0.0832 e. The minimum atomic E-state index is -0.0736. The summed E-state index contributed by atoms with van der Waals surface area (Å²) >= 11 is 0. The molecule has 0 aliphatic heterocycles. The SMILES string of the molecule is COC1(C(N)Cc2cnn(C)c2)CCC1. The van der Waals surface area contributed by atoms with Crippen LogP contribution in [0.3, 0.4) is 0 Å². The third kappa shape index (κ3) is 1.92. The highest BCUT2D eigenvalue weighted by Gasteiger charge is 2.42. The average molecular weight is 209 g/mol. The van der Waals surface area contributed by atoms with Crippen LogP contribution in [0.2, 0.25) is 0 Å². The maximum absolute atomic E-state index is 6.20. The monoisotopic (exact) mass is 209 g/mol. The van der Waals surface area contributed by atoms with Crippen LogP contribution in [0.5, 0.6) is 0 Å². The molecule has 84 valence electrons. The fourth-order valence-corrected chi connectivity index (χ4v) is 2.27. The lowest BCUT2D eigenvalue weighted by molar-refractivity contribution is -0.0897. The summed E-state index contributed by atoms with van der Waals surface area (Å²) in [6.07, 6.45) is 8.15. The second-order valence-electron chi connectivity index (χ2n) is 4.46. The van der Waals surface area contributed by atoms with Gasteiger partial charge in [0.15, 0.2) is 0 Å². The molecule has 1 heterocycles. The van der Waals surface area contributed by atoms with Crippen LogP contribution in [0.25, 0.3) is 0 Å². The number of hydrogen-bond acceptors (Lipinski definition) is 3. The predicted octanol–water partition coefficient (Wildman–Crippen LogP) is 0.859. The minimum Gasteiger partial charge on any atom is -0.377 e. The fraction of sp³-hybridized carbons (Fsp3) is 0.727. The zero-order valence-electron chi connectivity index (χ0n) is 9.44. The van der Waals surface area contributed by atoms with Crippen molar-refractivity contribution in [2.75, 3.05) is 7.11 Å². The highest BCUT2D eigenvalue weighted by atomic mass is 16.5. The number of ether oxygens (including phenoxy) is 1. The first-order valence-corrected chi connectivity index (χ1v) is 5.44. The minimum absolute atomic E-state index is 0.0736. The second kappa shape index (κ2) is 3.94. The standard InChI is InChI=1S/C11H19N3O/c1-14-8-9(7-13-14)6-10(12)11(15-2)4-3-5-11/h7-8,10H,3-6,12H2,1-2H3. The van der Waals surface area contributed by atoms with Crippen LogP contribution in [0.4, 0.5) is 0 Å². The first-order valence-electron chi connectivity index (χ1n) is 5.44. The summed E-state index contributed by atoms with van der Waals surface area (Å²) in [5.41, 5.74) is 7.32. The third-order valence-electron chi connectivity index (χ3n) is 3.50. The van der Waals surface area contributed by atoms with E-state index >= 15 is 0 Å². The molecule has 1 aromatic rings. The quantitative estimate of drug-likeness (QED) is 0.800. The Bertz CT molecular complexity index is 325. The van der Waals surface area contributed by atoms with Gasteiger partial charge in [-0.1, -0.05) is 0 Å². The highest BCUT2D eigenvalue weighted by Crippen LogP contribution is 2.38. The van der Waals surface area contributed by atoms with Gasteiger partial charge in [0, 0.05) is 26.4 Å². The van der Waals surface area contributed by atoms with E-state index in [1.807, 2.05) is 24.1 Å². The van der Waals surface area contributed by atoms with Gasteiger partial charge in [-0.15, -0.1) is 0 Å². The van der Waals surface area contributed by atoms with E-state index in [4.69, 9.17) is 10.5 Å². The number of nitrogens with two attached hydrogens (primary N) is 1. The van der Waals surface area contributed by atoms with Crippen LogP contribution < -0.4 is 5.73 Å². The molecule has 0 radical (unpaired) electrons. The van der Waals surface area contributed by atoms with Crippen LogP contribution >= 0.6 is 0 Å². The van der Waals surface area contributed by atoms with Crippen molar-refractivity contribution in [1.82, 2.24) is 9.78 Å². The van der Waals surface area contributed by atoms with Gasteiger partial charge >= 0.3 is 0 Å². The van der Waals surface area contributed by atoms with E-state index in [0.717, 1.165) is 19.3 Å². The van der Waals surface area contributed by atoms with Gasteiger partial charge in [-0.25, -0.2) is 0 Å². The van der Waals surface area contributed by atoms with E-state index in [9.17, 15) is 0 Å². The van der Waals surface area contributed by atoms with Crippen molar-refractivity contribution in [1.29, 1.82) is 0 Å². The molecule has 4 nitrogen and oxygen atoms in total. The molecule has 1 fully saturated rings. The van der Waals surface area contributed by atoms with Gasteiger partial charge in [-0.2, -0.15) is 5.10 Å². The summed E-state index contributed by atoms with van der Waals surface area (Å²) in [5, 5.41) is 4.14. The molecule has 0 bridgehead atoms. The average Bonchev–Trinajstić information content (AvgIpc) is 2.50. The lowest BCUT2D eigenvalue weighted by Gasteiger charge is -2.45. The topological polar surface area (TPSA) is 53.1 Å². The molecule has 2 N–H and O–H groups in total. The number of rotatable bonds is 4. The predicted molar refractivity (Wildman–Crippen MR) is 58.5 cm³/mol. The number of nitrogens with zero attached hydrogens (tertiary/aromatic N) is 2. The van der Waals surface area contributed by atoms with Crippen molar-refractivity contribution < 1.29 is 4.74 Å². The molecule has 0 saturated heterocycles. The second-order valence-corrected chi connectivity index (χ2v) is 4.46. The van der Waals surface area contributed by atoms with Gasteiger partial charge in [0.05, 0.1) is 11.8 Å². The van der Waals surface area contributed by atoms with Gasteiger partial charge in [-0.05, 0) is 31.2 Å². The molecule has 1 unspecified atom stereocenters. The van der Waals surface area contributed by atoms with Crippen molar-refractivity contribution >= 4 is 0 Å². The molecule has 1 aliphatic rings. The first-order chi connectivity index (χ1) is 7.16. The van der Waals surface area contributed by atoms with E-state index in [-0.39, 0.29) is 11.6 Å². The van der Waals surface area contributed by atoms with Crippen molar-refractivity contribution in [2.24, 2.45) is 12.8 Å². The van der Waals surface area contributed by atoms with Crippen LogP contribution in [-0.4, -0.2) is 28.5 Å². The smallest absolute Gasteiger partial charge is 0.0832 e. The third-order valence-corrected chi connectivity index (χ3v) is 3.50. The zero-order chi connectivity index (χ0) is 10.9. The Balaban J connectivity index is 1.99. The molecule has 0 aromatic carbocycles. The molecule has 0 amide bonds. The summed E-state index contributed by atoms with van der Waals surface area (Å²) in [5.74, 6) is 0. The summed E-state index contributed by atoms with van der Waals surface area (Å²) < 4.78 is 7.37. The zero-order valence-corrected chi connectivity index (χ0v) is 9.44. The molecule has 15 heavy (non-hydrogen) atoms. The Labute approximate surface area is 90.4 Å². The number of aryl methyl sites for hydroxylation is 1. The van der Waals surface area contributed by atoms with E-state index in [1.165, 1.54) is 12.0 Å². The highest BCUT2D eigenvalue weighted by molar-refractivity contribution is 5.10. The Hall–Kier alpha value is -0.870. The van der Waals surface area contributed by atoms with Gasteiger partial charge in [0.2, 0.25) is 0 Å². The van der Waals surface area contributed by atoms with Crippen LogP contribution in [0, 0.1) is 0 Å². The van der Waals surface area contributed by atoms with Gasteiger partial charge < -0.3 is 10.5 Å². The first kappa shape index (κ1) is 10.6. The normalized spacial score (nSPS) is 21.0. The molecule has 1 aromatic heterocycles. The van der Waals surface area contributed by atoms with Crippen molar-refractivity contribution in [2.45, 2.75) is 37.3 Å². The van der Waals surface area contributed by atoms with Gasteiger partial charge in [0.25, 0.3) is 0 Å². The summed E-state index contributed by atoms with van der Waals surface area (Å²) in [7, 11) is 3.69. The lowest BCUT2D eigenvalue weighted by atomic mass is 9.73. The Morgan fingerprint density at radius 1 is 1.67 bits per heavy atom. The van der Waals surface area contributed by atoms with Crippen LogP contribution in [0.1, 0.15) is 24.8 Å². The van der Waals surface area contributed by atoms with Gasteiger partial charge in [0.1, 0.15) is 0 Å². The molecule has 0 spiro atoms. The van der Waals surface area contributed by atoms with Crippen LogP contribution in [-0.2, 0) is 18.2 Å². The number of aromatic nitrogens is 2. The van der Waals surface area contributed by atoms with Crippen molar-refractivity contribution in [3.63, 3.8) is 0 Å². The van der Waals surface area contributed by atoms with Crippen molar-refractivity contribution in [3.8, 4) is 0 Å². The summed E-state index contributed by atoms with van der Waals surface area (Å²) in [6, 6.07) is 0.0837. The van der Waals surface area contributed by atoms with Crippen molar-refractivity contribution in [3.05, 3.63) is 18.0 Å².